The number of methoxy groups -OCH3 is 1. The molecule has 0 unspecified atom stereocenters. The van der Waals surface area contributed by atoms with E-state index in [2.05, 4.69) is 0 Å². The molecule has 11 heteroatoms. The van der Waals surface area contributed by atoms with E-state index in [1.54, 1.807) is 12.1 Å². The molecule has 166 valence electrons. The lowest BCUT2D eigenvalue weighted by Gasteiger charge is -2.31. The summed E-state index contributed by atoms with van der Waals surface area (Å²) in [4.78, 5) is 11.9. The molecule has 4 rings (SSSR count). The van der Waals surface area contributed by atoms with Gasteiger partial charge in [-0.25, -0.2) is 21.6 Å². The van der Waals surface area contributed by atoms with E-state index in [4.69, 9.17) is 9.15 Å². The minimum absolute atomic E-state index is 0.0351. The van der Waals surface area contributed by atoms with Crippen molar-refractivity contribution in [2.24, 2.45) is 7.05 Å². The lowest BCUT2D eigenvalue weighted by Crippen LogP contribution is -2.42. The average Bonchev–Trinajstić information content (AvgIpc) is 3.07. The van der Waals surface area contributed by atoms with Crippen LogP contribution in [-0.2, 0) is 26.9 Å². The van der Waals surface area contributed by atoms with Crippen molar-refractivity contribution in [3.8, 4) is 5.75 Å². The van der Waals surface area contributed by atoms with Crippen LogP contribution in [0.1, 0.15) is 12.8 Å². The molecule has 1 fully saturated rings. The number of oxazole rings is 1. The van der Waals surface area contributed by atoms with E-state index in [-0.39, 0.29) is 35.7 Å². The number of nitrogens with zero attached hydrogens (tertiary/aromatic N) is 2. The fraction of sp³-hybridized carbons (Fsp3) is 0.350. The highest BCUT2D eigenvalue weighted by atomic mass is 32.2. The van der Waals surface area contributed by atoms with E-state index >= 15 is 0 Å². The number of sulfone groups is 1. The molecular formula is C20H22N2O7S2. The van der Waals surface area contributed by atoms with Gasteiger partial charge in [0.2, 0.25) is 10.0 Å². The van der Waals surface area contributed by atoms with Gasteiger partial charge in [-0.2, -0.15) is 4.31 Å². The number of ether oxygens (including phenoxy) is 1. The molecule has 9 nitrogen and oxygen atoms in total. The van der Waals surface area contributed by atoms with Crippen LogP contribution in [0.3, 0.4) is 0 Å². The molecule has 3 aromatic rings. The standard InChI is InChI=1S/C20H22N2O7S2/c1-21-18-13-17(7-8-19(18)29-20(21)23)31(26,27)22-11-9-16(10-12-22)30(24,25)15-5-3-14(28-2)4-6-15/h3-8,13,16H,9-12H2,1-2H3. The van der Waals surface area contributed by atoms with Crippen molar-refractivity contribution in [1.82, 2.24) is 8.87 Å². The van der Waals surface area contributed by atoms with Crippen LogP contribution in [0, 0.1) is 0 Å². The van der Waals surface area contributed by atoms with Crippen LogP contribution in [0.25, 0.3) is 11.1 Å². The van der Waals surface area contributed by atoms with Crippen molar-refractivity contribution in [3.63, 3.8) is 0 Å². The Morgan fingerprint density at radius 3 is 2.19 bits per heavy atom. The minimum Gasteiger partial charge on any atom is -0.497 e. The highest BCUT2D eigenvalue weighted by molar-refractivity contribution is 7.92. The van der Waals surface area contributed by atoms with Gasteiger partial charge in [-0.05, 0) is 55.3 Å². The zero-order valence-corrected chi connectivity index (χ0v) is 18.6. The van der Waals surface area contributed by atoms with Gasteiger partial charge in [0.1, 0.15) is 5.75 Å². The fourth-order valence-electron chi connectivity index (χ4n) is 3.76. The Labute approximate surface area is 179 Å². The molecule has 0 spiro atoms. The molecular weight excluding hydrogens is 444 g/mol. The highest BCUT2D eigenvalue weighted by Gasteiger charge is 2.36. The third-order valence-corrected chi connectivity index (χ3v) is 9.80. The van der Waals surface area contributed by atoms with E-state index < -0.39 is 30.9 Å². The molecule has 0 atom stereocenters. The summed E-state index contributed by atoms with van der Waals surface area (Å²) in [6, 6.07) is 10.4. The Bertz CT molecular complexity index is 1380. The number of hydrogen-bond donors (Lipinski definition) is 0. The van der Waals surface area contributed by atoms with Crippen molar-refractivity contribution >= 4 is 31.0 Å². The Morgan fingerprint density at radius 2 is 1.58 bits per heavy atom. The maximum absolute atomic E-state index is 13.1. The van der Waals surface area contributed by atoms with Crippen LogP contribution in [-0.4, -0.2) is 51.2 Å². The average molecular weight is 467 g/mol. The van der Waals surface area contributed by atoms with Gasteiger partial charge < -0.3 is 9.15 Å². The van der Waals surface area contributed by atoms with E-state index in [0.717, 1.165) is 0 Å². The minimum atomic E-state index is -3.84. The molecule has 2 aromatic carbocycles. The van der Waals surface area contributed by atoms with Gasteiger partial charge in [-0.1, -0.05) is 0 Å². The van der Waals surface area contributed by atoms with E-state index in [9.17, 15) is 21.6 Å². The summed E-state index contributed by atoms with van der Waals surface area (Å²) in [7, 11) is -4.41. The van der Waals surface area contributed by atoms with Crippen molar-refractivity contribution < 1.29 is 26.0 Å². The van der Waals surface area contributed by atoms with Crippen LogP contribution >= 0.6 is 0 Å². The predicted molar refractivity (Wildman–Crippen MR) is 113 cm³/mol. The summed E-state index contributed by atoms with van der Waals surface area (Å²) in [6.45, 7) is 0.176. The Morgan fingerprint density at radius 1 is 0.968 bits per heavy atom. The third-order valence-electron chi connectivity index (χ3n) is 5.63. The number of benzene rings is 2. The smallest absolute Gasteiger partial charge is 0.419 e. The Hall–Kier alpha value is -2.63. The van der Waals surface area contributed by atoms with Gasteiger partial charge >= 0.3 is 5.76 Å². The van der Waals surface area contributed by atoms with Crippen LogP contribution in [0.4, 0.5) is 0 Å². The van der Waals surface area contributed by atoms with Crippen molar-refractivity contribution in [3.05, 3.63) is 53.0 Å². The second kappa shape index (κ2) is 7.81. The van der Waals surface area contributed by atoms with Crippen LogP contribution in [0.2, 0.25) is 0 Å². The molecule has 0 radical (unpaired) electrons. The molecule has 0 bridgehead atoms. The SMILES string of the molecule is COc1ccc(S(=O)(=O)C2CCN(S(=O)(=O)c3ccc4oc(=O)n(C)c4c3)CC2)cc1. The summed E-state index contributed by atoms with van der Waals surface area (Å²) < 4.78 is 64.7. The molecule has 0 aliphatic carbocycles. The Kier molecular flexibility index (Phi) is 5.44. The van der Waals surface area contributed by atoms with E-state index in [1.165, 1.54) is 53.4 Å². The van der Waals surface area contributed by atoms with Crippen molar-refractivity contribution in [1.29, 1.82) is 0 Å². The molecule has 0 N–H and O–H groups in total. The summed E-state index contributed by atoms with van der Waals surface area (Å²) in [5, 5.41) is -0.662. The first kappa shape index (κ1) is 21.6. The summed E-state index contributed by atoms with van der Waals surface area (Å²) in [6.07, 6.45) is 0.389. The van der Waals surface area contributed by atoms with Gasteiger partial charge in [0.15, 0.2) is 15.4 Å². The number of piperidine rings is 1. The molecule has 1 aliphatic heterocycles. The topological polar surface area (TPSA) is 116 Å². The van der Waals surface area contributed by atoms with Gasteiger partial charge in [0.25, 0.3) is 0 Å². The van der Waals surface area contributed by atoms with Crippen LogP contribution in [0.5, 0.6) is 5.75 Å². The molecule has 31 heavy (non-hydrogen) atoms. The molecule has 1 aromatic heterocycles. The number of aryl methyl sites for hydroxylation is 1. The first-order valence-electron chi connectivity index (χ1n) is 9.62. The maximum Gasteiger partial charge on any atom is 0.419 e. The van der Waals surface area contributed by atoms with Gasteiger partial charge in [-0.15, -0.1) is 0 Å². The first-order valence-corrected chi connectivity index (χ1v) is 12.6. The third kappa shape index (κ3) is 3.77. The lowest BCUT2D eigenvalue weighted by molar-refractivity contribution is 0.345. The molecule has 1 aliphatic rings. The van der Waals surface area contributed by atoms with Crippen molar-refractivity contribution in [2.75, 3.05) is 20.2 Å². The number of hydrogen-bond acceptors (Lipinski definition) is 7. The second-order valence-corrected chi connectivity index (χ2v) is 11.5. The number of rotatable bonds is 5. The monoisotopic (exact) mass is 466 g/mol. The number of sulfonamides is 1. The van der Waals surface area contributed by atoms with Gasteiger partial charge in [0.05, 0.1) is 27.7 Å². The fourth-order valence-corrected chi connectivity index (χ4v) is 6.98. The molecule has 1 saturated heterocycles. The normalized spacial score (nSPS) is 16.6. The number of fused-ring (bicyclic) bond motifs is 1. The highest BCUT2D eigenvalue weighted by Crippen LogP contribution is 2.29. The quantitative estimate of drug-likeness (QED) is 0.563. The predicted octanol–water partition coefficient (Wildman–Crippen LogP) is 1.77. The molecule has 0 saturated carbocycles. The van der Waals surface area contributed by atoms with E-state index in [1.807, 2.05) is 0 Å². The van der Waals surface area contributed by atoms with E-state index in [0.29, 0.717) is 16.8 Å². The number of aromatic nitrogens is 1. The van der Waals surface area contributed by atoms with Crippen molar-refractivity contribution in [2.45, 2.75) is 27.9 Å². The van der Waals surface area contributed by atoms with Gasteiger partial charge in [0, 0.05) is 20.1 Å². The zero-order valence-electron chi connectivity index (χ0n) is 17.0. The van der Waals surface area contributed by atoms with Gasteiger partial charge in [-0.3, -0.25) is 4.57 Å². The second-order valence-electron chi connectivity index (χ2n) is 7.38. The van der Waals surface area contributed by atoms with Crippen LogP contribution in [0.15, 0.2) is 61.5 Å². The first-order chi connectivity index (χ1) is 14.6. The molecule has 2 heterocycles. The summed E-state index contributed by atoms with van der Waals surface area (Å²) in [5.74, 6) is -0.0129. The zero-order chi connectivity index (χ0) is 22.4. The largest absolute Gasteiger partial charge is 0.497 e. The lowest BCUT2D eigenvalue weighted by atomic mass is 10.2. The molecule has 0 amide bonds. The Balaban J connectivity index is 1.53. The maximum atomic E-state index is 13.1. The summed E-state index contributed by atoms with van der Waals surface area (Å²) in [5.41, 5.74) is 0.679. The van der Waals surface area contributed by atoms with Crippen LogP contribution < -0.4 is 10.5 Å². The summed E-state index contributed by atoms with van der Waals surface area (Å²) >= 11 is 0.